The number of carbonyl (C=O) groups excluding carboxylic acids is 2. The van der Waals surface area contributed by atoms with Crippen molar-refractivity contribution < 1.29 is 27.2 Å². The zero-order valence-electron chi connectivity index (χ0n) is 13.2. The highest BCUT2D eigenvalue weighted by molar-refractivity contribution is 5.94. The lowest BCUT2D eigenvalue weighted by atomic mass is 10.1. The third-order valence-corrected chi connectivity index (χ3v) is 3.25. The van der Waals surface area contributed by atoms with Gasteiger partial charge in [-0.1, -0.05) is 0 Å². The second-order valence-corrected chi connectivity index (χ2v) is 5.44. The van der Waals surface area contributed by atoms with Crippen molar-refractivity contribution in [2.75, 3.05) is 0 Å². The Balaban J connectivity index is 2.10. The smallest absolute Gasteiger partial charge is 0.348 e. The number of aromatic nitrogens is 1. The van der Waals surface area contributed by atoms with E-state index in [2.05, 4.69) is 10.3 Å². The molecule has 2 rings (SSSR count). The van der Waals surface area contributed by atoms with Crippen molar-refractivity contribution in [2.24, 2.45) is 0 Å². The van der Waals surface area contributed by atoms with Crippen LogP contribution in [0.3, 0.4) is 0 Å². The van der Waals surface area contributed by atoms with Gasteiger partial charge in [-0.15, -0.1) is 0 Å². The van der Waals surface area contributed by atoms with E-state index in [0.29, 0.717) is 11.8 Å². The fourth-order valence-electron chi connectivity index (χ4n) is 2.17. The van der Waals surface area contributed by atoms with E-state index in [1.807, 2.05) is 0 Å². The first-order valence-electron chi connectivity index (χ1n) is 7.24. The zero-order valence-corrected chi connectivity index (χ0v) is 13.2. The maximum Gasteiger partial charge on any atom is 0.416 e. The number of nitrogens with zero attached hydrogens (tertiary/aromatic N) is 1. The van der Waals surface area contributed by atoms with Crippen molar-refractivity contribution in [3.05, 3.63) is 64.7 Å². The monoisotopic (exact) mass is 354 g/mol. The molecule has 0 aliphatic rings. The molecule has 0 spiro atoms. The molecule has 0 bridgehead atoms. The normalized spacial score (nSPS) is 11.2. The Kier molecular flexibility index (Phi) is 5.51. The molecule has 0 aliphatic carbocycles. The molecule has 0 saturated heterocycles. The lowest BCUT2D eigenvalue weighted by Gasteiger charge is -2.10. The van der Waals surface area contributed by atoms with Crippen molar-refractivity contribution >= 4 is 11.7 Å². The number of carbonyl (C=O) groups is 2. The van der Waals surface area contributed by atoms with Crippen LogP contribution in [0.25, 0.3) is 0 Å². The van der Waals surface area contributed by atoms with E-state index < -0.39 is 23.5 Å². The van der Waals surface area contributed by atoms with E-state index in [9.17, 15) is 27.2 Å². The van der Waals surface area contributed by atoms with Crippen molar-refractivity contribution in [1.29, 1.82) is 0 Å². The van der Waals surface area contributed by atoms with Gasteiger partial charge in [-0.2, -0.15) is 13.2 Å². The summed E-state index contributed by atoms with van der Waals surface area (Å²) in [5.41, 5.74) is -0.521. The van der Waals surface area contributed by atoms with Gasteiger partial charge in [0.1, 0.15) is 11.6 Å². The van der Waals surface area contributed by atoms with Crippen LogP contribution in [0.15, 0.2) is 36.5 Å². The SMILES string of the molecule is CC(=O)Cc1cc(C(=O)NCc2cc(F)cc(C(F)(F)F)c2)ccn1. The minimum Gasteiger partial charge on any atom is -0.348 e. The van der Waals surface area contributed by atoms with E-state index in [1.165, 1.54) is 25.3 Å². The Hall–Kier alpha value is -2.77. The number of rotatable bonds is 5. The summed E-state index contributed by atoms with van der Waals surface area (Å²) in [4.78, 5) is 27.1. The van der Waals surface area contributed by atoms with Gasteiger partial charge in [0.05, 0.1) is 5.56 Å². The summed E-state index contributed by atoms with van der Waals surface area (Å²) in [7, 11) is 0. The predicted molar refractivity (Wildman–Crippen MR) is 81.2 cm³/mol. The Morgan fingerprint density at radius 3 is 2.52 bits per heavy atom. The molecule has 1 amide bonds. The first-order chi connectivity index (χ1) is 11.6. The number of pyridine rings is 1. The second kappa shape index (κ2) is 7.42. The van der Waals surface area contributed by atoms with Crippen LogP contribution in [0.4, 0.5) is 17.6 Å². The maximum atomic E-state index is 13.3. The van der Waals surface area contributed by atoms with Crippen LogP contribution in [0.2, 0.25) is 0 Å². The fourth-order valence-corrected chi connectivity index (χ4v) is 2.17. The lowest BCUT2D eigenvalue weighted by molar-refractivity contribution is -0.137. The molecule has 25 heavy (non-hydrogen) atoms. The number of alkyl halides is 3. The molecule has 4 nitrogen and oxygen atoms in total. The molecule has 0 unspecified atom stereocenters. The van der Waals surface area contributed by atoms with Crippen LogP contribution < -0.4 is 5.32 Å². The first kappa shape index (κ1) is 18.6. The summed E-state index contributed by atoms with van der Waals surface area (Å²) in [6.45, 7) is 1.11. The first-order valence-corrected chi connectivity index (χ1v) is 7.24. The summed E-state index contributed by atoms with van der Waals surface area (Å²) >= 11 is 0. The van der Waals surface area contributed by atoms with Gasteiger partial charge >= 0.3 is 6.18 Å². The van der Waals surface area contributed by atoms with Crippen molar-refractivity contribution in [3.63, 3.8) is 0 Å². The largest absolute Gasteiger partial charge is 0.416 e. The molecule has 0 fully saturated rings. The lowest BCUT2D eigenvalue weighted by Crippen LogP contribution is -2.23. The molecule has 1 aromatic carbocycles. The van der Waals surface area contributed by atoms with Gasteiger partial charge in [-0.25, -0.2) is 4.39 Å². The minimum atomic E-state index is -4.67. The zero-order chi connectivity index (χ0) is 18.6. The highest BCUT2D eigenvalue weighted by atomic mass is 19.4. The highest BCUT2D eigenvalue weighted by Crippen LogP contribution is 2.30. The number of ketones is 1. The quantitative estimate of drug-likeness (QED) is 0.838. The van der Waals surface area contributed by atoms with Gasteiger partial charge in [0, 0.05) is 30.4 Å². The molecule has 0 aliphatic heterocycles. The number of hydrogen-bond acceptors (Lipinski definition) is 3. The van der Waals surface area contributed by atoms with E-state index >= 15 is 0 Å². The van der Waals surface area contributed by atoms with E-state index in [4.69, 9.17) is 0 Å². The molecule has 8 heteroatoms. The molecule has 1 heterocycles. The van der Waals surface area contributed by atoms with Crippen molar-refractivity contribution in [1.82, 2.24) is 10.3 Å². The van der Waals surface area contributed by atoms with Gasteiger partial charge in [0.25, 0.3) is 5.91 Å². The molecular formula is C17H14F4N2O2. The average molecular weight is 354 g/mol. The summed E-state index contributed by atoms with van der Waals surface area (Å²) < 4.78 is 51.3. The summed E-state index contributed by atoms with van der Waals surface area (Å²) in [5, 5.41) is 2.42. The molecule has 0 saturated carbocycles. The predicted octanol–water partition coefficient (Wildman–Crippen LogP) is 3.30. The molecule has 0 radical (unpaired) electrons. The van der Waals surface area contributed by atoms with E-state index in [1.54, 1.807) is 0 Å². The van der Waals surface area contributed by atoms with E-state index in [-0.39, 0.29) is 29.9 Å². The van der Waals surface area contributed by atoms with Gasteiger partial charge in [0.15, 0.2) is 0 Å². The molecule has 132 valence electrons. The summed E-state index contributed by atoms with van der Waals surface area (Å²) in [6.07, 6.45) is -3.25. The third-order valence-electron chi connectivity index (χ3n) is 3.25. The Morgan fingerprint density at radius 1 is 1.16 bits per heavy atom. The Morgan fingerprint density at radius 2 is 1.88 bits per heavy atom. The molecule has 0 atom stereocenters. The number of hydrogen-bond donors (Lipinski definition) is 1. The van der Waals surface area contributed by atoms with Gasteiger partial charge in [-0.05, 0) is 42.8 Å². The van der Waals surface area contributed by atoms with Gasteiger partial charge in [-0.3, -0.25) is 14.6 Å². The van der Waals surface area contributed by atoms with Crippen LogP contribution in [-0.4, -0.2) is 16.7 Å². The number of nitrogens with one attached hydrogen (secondary N) is 1. The van der Waals surface area contributed by atoms with Crippen LogP contribution in [-0.2, 0) is 23.9 Å². The summed E-state index contributed by atoms with van der Waals surface area (Å²) in [5.74, 6) is -1.72. The third kappa shape index (κ3) is 5.37. The number of amides is 1. The highest BCUT2D eigenvalue weighted by Gasteiger charge is 2.31. The van der Waals surface area contributed by atoms with Crippen LogP contribution >= 0.6 is 0 Å². The van der Waals surface area contributed by atoms with Gasteiger partial charge in [0.2, 0.25) is 0 Å². The van der Waals surface area contributed by atoms with Crippen molar-refractivity contribution in [2.45, 2.75) is 26.1 Å². The molecule has 1 aromatic heterocycles. The Bertz CT molecular complexity index is 803. The van der Waals surface area contributed by atoms with Crippen LogP contribution in [0, 0.1) is 5.82 Å². The van der Waals surface area contributed by atoms with Crippen molar-refractivity contribution in [3.8, 4) is 0 Å². The standard InChI is InChI=1S/C17H14F4N2O2/c1-10(24)4-15-7-12(2-3-22-15)16(25)23-9-11-5-13(17(19,20)21)8-14(18)6-11/h2-3,5-8H,4,9H2,1H3,(H,23,25). The average Bonchev–Trinajstić information content (AvgIpc) is 2.51. The topological polar surface area (TPSA) is 59.1 Å². The van der Waals surface area contributed by atoms with Gasteiger partial charge < -0.3 is 5.32 Å². The number of Topliss-reactive ketones (excluding diaryl/α,β-unsaturated/α-hetero) is 1. The minimum absolute atomic E-state index is 0.0151. The van der Waals surface area contributed by atoms with Crippen LogP contribution in [0.5, 0.6) is 0 Å². The number of halogens is 4. The van der Waals surface area contributed by atoms with E-state index in [0.717, 1.165) is 12.1 Å². The molecule has 1 N–H and O–H groups in total. The Labute approximate surface area is 140 Å². The molecular weight excluding hydrogens is 340 g/mol. The molecule has 2 aromatic rings. The fraction of sp³-hybridized carbons (Fsp3) is 0.235. The van der Waals surface area contributed by atoms with Crippen LogP contribution in [0.1, 0.15) is 34.1 Å². The summed E-state index contributed by atoms with van der Waals surface area (Å²) in [6, 6.07) is 4.91. The second-order valence-electron chi connectivity index (χ2n) is 5.44. The maximum absolute atomic E-state index is 13.3. The number of benzene rings is 1.